The van der Waals surface area contributed by atoms with Crippen molar-refractivity contribution < 1.29 is 4.79 Å². The van der Waals surface area contributed by atoms with Crippen molar-refractivity contribution in [2.24, 2.45) is 11.3 Å². The van der Waals surface area contributed by atoms with Gasteiger partial charge >= 0.3 is 0 Å². The summed E-state index contributed by atoms with van der Waals surface area (Å²) in [6.45, 7) is 18.3. The number of carbonyl (C=O) groups excluding carboxylic acids is 1. The van der Waals surface area contributed by atoms with E-state index in [0.29, 0.717) is 11.2 Å². The Morgan fingerprint density at radius 1 is 1.36 bits per heavy atom. The summed E-state index contributed by atoms with van der Waals surface area (Å²) >= 11 is 1.83. The van der Waals surface area contributed by atoms with E-state index in [1.165, 1.54) is 5.57 Å². The first-order chi connectivity index (χ1) is 10.3. The Bertz CT molecular complexity index is 486. The van der Waals surface area contributed by atoms with Crippen molar-refractivity contribution in [1.29, 1.82) is 0 Å². The predicted molar refractivity (Wildman–Crippen MR) is 101 cm³/mol. The van der Waals surface area contributed by atoms with Crippen molar-refractivity contribution in [3.05, 3.63) is 48.3 Å². The third-order valence-electron chi connectivity index (χ3n) is 4.00. The van der Waals surface area contributed by atoms with E-state index in [9.17, 15) is 4.79 Å². The molecule has 0 amide bonds. The van der Waals surface area contributed by atoms with E-state index in [1.807, 2.05) is 23.9 Å². The third-order valence-corrected chi connectivity index (χ3v) is 5.66. The van der Waals surface area contributed by atoms with Crippen molar-refractivity contribution in [3.63, 3.8) is 0 Å². The summed E-state index contributed by atoms with van der Waals surface area (Å²) in [5.41, 5.74) is 5.00. The maximum Gasteiger partial charge on any atom is 0.124 e. The fourth-order valence-corrected chi connectivity index (χ4v) is 3.04. The molecule has 0 aliphatic heterocycles. The van der Waals surface area contributed by atoms with Crippen LogP contribution >= 0.6 is 11.8 Å². The first kappa shape index (κ1) is 20.8. The topological polar surface area (TPSA) is 17.1 Å². The van der Waals surface area contributed by atoms with Crippen LogP contribution in [-0.4, -0.2) is 16.9 Å². The SMILES string of the molecule is C=C=CC(C)=CCC(C)(C)C(C)SCC(=C=O)CC(C)C=C. The molecule has 2 unspecified atom stereocenters. The van der Waals surface area contributed by atoms with Crippen LogP contribution < -0.4 is 0 Å². The Morgan fingerprint density at radius 2 is 2.00 bits per heavy atom. The molecule has 0 rings (SSSR count). The Morgan fingerprint density at radius 3 is 2.50 bits per heavy atom. The van der Waals surface area contributed by atoms with Crippen LogP contribution in [0.5, 0.6) is 0 Å². The van der Waals surface area contributed by atoms with E-state index >= 15 is 0 Å². The summed E-state index contributed by atoms with van der Waals surface area (Å²) in [4.78, 5) is 11.1. The van der Waals surface area contributed by atoms with Gasteiger partial charge in [0.1, 0.15) is 5.94 Å². The smallest absolute Gasteiger partial charge is 0.124 e. The summed E-state index contributed by atoms with van der Waals surface area (Å²) < 4.78 is 0. The lowest BCUT2D eigenvalue weighted by Gasteiger charge is -2.30. The number of hydrogen-bond donors (Lipinski definition) is 0. The highest BCUT2D eigenvalue weighted by atomic mass is 32.2. The summed E-state index contributed by atoms with van der Waals surface area (Å²) in [5.74, 6) is 3.19. The van der Waals surface area contributed by atoms with Crippen molar-refractivity contribution in [3.8, 4) is 0 Å². The van der Waals surface area contributed by atoms with Crippen LogP contribution in [0.25, 0.3) is 0 Å². The van der Waals surface area contributed by atoms with Gasteiger partial charge in [0.25, 0.3) is 0 Å². The lowest BCUT2D eigenvalue weighted by molar-refractivity contribution is 0.368. The molecule has 0 saturated heterocycles. The molecule has 0 N–H and O–H groups in total. The Hall–Kier alpha value is -1.20. The van der Waals surface area contributed by atoms with Crippen molar-refractivity contribution >= 4 is 17.7 Å². The van der Waals surface area contributed by atoms with Gasteiger partial charge in [-0.3, -0.25) is 0 Å². The fourth-order valence-electron chi connectivity index (χ4n) is 1.86. The minimum atomic E-state index is 0.166. The van der Waals surface area contributed by atoms with Gasteiger partial charge in [-0.05, 0) is 42.7 Å². The highest BCUT2D eigenvalue weighted by Crippen LogP contribution is 2.35. The second-order valence-corrected chi connectivity index (χ2v) is 7.89. The Balaban J connectivity index is 4.59. The van der Waals surface area contributed by atoms with Crippen LogP contribution in [0, 0.1) is 11.3 Å². The monoisotopic (exact) mass is 318 g/mol. The van der Waals surface area contributed by atoms with Gasteiger partial charge in [-0.2, -0.15) is 11.8 Å². The highest BCUT2D eigenvalue weighted by Gasteiger charge is 2.25. The molecule has 1 nitrogen and oxygen atoms in total. The first-order valence-electron chi connectivity index (χ1n) is 7.76. The van der Waals surface area contributed by atoms with E-state index in [-0.39, 0.29) is 5.41 Å². The molecule has 122 valence electrons. The molecule has 0 heterocycles. The van der Waals surface area contributed by atoms with Crippen LogP contribution in [0.15, 0.2) is 48.3 Å². The molecule has 0 saturated carbocycles. The van der Waals surface area contributed by atoms with Crippen molar-refractivity contribution in [2.75, 3.05) is 5.75 Å². The van der Waals surface area contributed by atoms with Crippen LogP contribution in [0.2, 0.25) is 0 Å². The van der Waals surface area contributed by atoms with Gasteiger partial charge in [0.05, 0.1) is 0 Å². The van der Waals surface area contributed by atoms with Crippen LogP contribution in [0.3, 0.4) is 0 Å². The minimum Gasteiger partial charge on any atom is -0.234 e. The molecule has 0 aromatic heterocycles. The summed E-state index contributed by atoms with van der Waals surface area (Å²) in [6, 6.07) is 0. The normalized spacial score (nSPS) is 14.5. The molecule has 0 fully saturated rings. The van der Waals surface area contributed by atoms with E-state index in [1.54, 1.807) is 0 Å². The maximum absolute atomic E-state index is 11.1. The van der Waals surface area contributed by atoms with Gasteiger partial charge in [-0.25, -0.2) is 4.79 Å². The second kappa shape index (κ2) is 10.5. The van der Waals surface area contributed by atoms with Crippen molar-refractivity contribution in [2.45, 2.75) is 52.7 Å². The largest absolute Gasteiger partial charge is 0.234 e. The van der Waals surface area contributed by atoms with Crippen LogP contribution in [0.4, 0.5) is 0 Å². The fraction of sp³-hybridized carbons (Fsp3) is 0.550. The lowest BCUT2D eigenvalue weighted by atomic mass is 9.85. The van der Waals surface area contributed by atoms with Gasteiger partial charge < -0.3 is 0 Å². The van der Waals surface area contributed by atoms with Gasteiger partial charge in [-0.1, -0.05) is 46.4 Å². The molecule has 0 aromatic rings. The molecular formula is C20H30OS. The molecule has 0 aliphatic rings. The predicted octanol–water partition coefficient (Wildman–Crippen LogP) is 5.78. The third kappa shape index (κ3) is 8.29. The molecule has 2 atom stereocenters. The first-order valence-corrected chi connectivity index (χ1v) is 8.81. The lowest BCUT2D eigenvalue weighted by Crippen LogP contribution is -2.24. The zero-order valence-electron chi connectivity index (χ0n) is 14.7. The number of hydrogen-bond acceptors (Lipinski definition) is 2. The molecule has 22 heavy (non-hydrogen) atoms. The summed E-state index contributed by atoms with van der Waals surface area (Å²) in [6.07, 6.45) is 7.77. The number of rotatable bonds is 10. The molecule has 0 spiro atoms. The maximum atomic E-state index is 11.1. The van der Waals surface area contributed by atoms with Gasteiger partial charge in [0.15, 0.2) is 0 Å². The van der Waals surface area contributed by atoms with E-state index in [4.69, 9.17) is 0 Å². The number of thioether (sulfide) groups is 1. The molecule has 0 bridgehead atoms. The quantitative estimate of drug-likeness (QED) is 0.220. The van der Waals surface area contributed by atoms with E-state index in [0.717, 1.165) is 24.2 Å². The Labute approximate surface area is 141 Å². The molecule has 0 aromatic carbocycles. The van der Waals surface area contributed by atoms with Gasteiger partial charge in [-0.15, -0.1) is 12.3 Å². The summed E-state index contributed by atoms with van der Waals surface area (Å²) in [5, 5.41) is 0.451. The molecule has 2 heteroatoms. The molecule has 0 radical (unpaired) electrons. The average Bonchev–Trinajstić information content (AvgIpc) is 2.49. The zero-order valence-corrected chi connectivity index (χ0v) is 15.6. The zero-order chi connectivity index (χ0) is 17.2. The van der Waals surface area contributed by atoms with E-state index in [2.05, 4.69) is 65.5 Å². The van der Waals surface area contributed by atoms with E-state index < -0.39 is 0 Å². The average molecular weight is 319 g/mol. The summed E-state index contributed by atoms with van der Waals surface area (Å²) in [7, 11) is 0. The van der Waals surface area contributed by atoms with Crippen molar-refractivity contribution in [1.82, 2.24) is 0 Å². The highest BCUT2D eigenvalue weighted by molar-refractivity contribution is 8.00. The second-order valence-electron chi connectivity index (χ2n) is 6.57. The van der Waals surface area contributed by atoms with Crippen LogP contribution in [-0.2, 0) is 4.79 Å². The van der Waals surface area contributed by atoms with Gasteiger partial charge in [0, 0.05) is 16.6 Å². The molecular weight excluding hydrogens is 288 g/mol. The Kier molecular flexibility index (Phi) is 9.94. The van der Waals surface area contributed by atoms with Crippen LogP contribution in [0.1, 0.15) is 47.5 Å². The molecule has 0 aliphatic carbocycles. The van der Waals surface area contributed by atoms with Gasteiger partial charge in [0.2, 0.25) is 0 Å². The standard InChI is InChI=1S/C20H30OS/c1-8-10-17(4)11-12-20(6,7)18(5)22-15-19(14-21)13-16(3)9-2/h9-11,16,18H,1-2,12-13,15H2,3-7H3. The minimum absolute atomic E-state index is 0.166. The number of allylic oxidation sites excluding steroid dienone is 4.